The Labute approximate surface area is 142 Å². The Bertz CT molecular complexity index is 629. The number of nitrogens with zero attached hydrogens (tertiary/aromatic N) is 2. The van der Waals surface area contributed by atoms with Gasteiger partial charge in [-0.15, -0.1) is 0 Å². The highest BCUT2D eigenvalue weighted by atomic mass is 16.2. The van der Waals surface area contributed by atoms with Crippen molar-refractivity contribution in [2.75, 3.05) is 6.54 Å². The Morgan fingerprint density at radius 3 is 2.71 bits per heavy atom. The van der Waals surface area contributed by atoms with Crippen LogP contribution >= 0.6 is 0 Å². The molecule has 2 amide bonds. The van der Waals surface area contributed by atoms with Gasteiger partial charge in [0.25, 0.3) is 5.91 Å². The minimum absolute atomic E-state index is 0.00352. The molecule has 4 rings (SSSR count). The maximum atomic E-state index is 12.5. The zero-order valence-electron chi connectivity index (χ0n) is 14.1. The van der Waals surface area contributed by atoms with Crippen molar-refractivity contribution in [3.05, 3.63) is 17.7 Å². The Morgan fingerprint density at radius 2 is 1.96 bits per heavy atom. The van der Waals surface area contributed by atoms with Gasteiger partial charge in [0.15, 0.2) is 0 Å². The van der Waals surface area contributed by atoms with Gasteiger partial charge in [0.1, 0.15) is 5.69 Å². The van der Waals surface area contributed by atoms with E-state index in [9.17, 15) is 9.59 Å². The standard InChI is InChI=1S/C18H26N4O2/c23-17(19-9-12-5-6-12)13-7-8-15-16(20-11-22(15)10-13)18(24)21-14-3-1-2-4-14/h11-14H,1-10H2,(H,19,23)(H,21,24). The topological polar surface area (TPSA) is 76.0 Å². The highest BCUT2D eigenvalue weighted by molar-refractivity contribution is 5.93. The number of amides is 2. The van der Waals surface area contributed by atoms with Crippen molar-refractivity contribution in [2.24, 2.45) is 11.8 Å². The summed E-state index contributed by atoms with van der Waals surface area (Å²) in [4.78, 5) is 29.1. The van der Waals surface area contributed by atoms with E-state index in [0.717, 1.165) is 37.9 Å². The SMILES string of the molecule is O=C(NC1CCCC1)c1ncn2c1CCC(C(=O)NCC1CC1)C2. The summed E-state index contributed by atoms with van der Waals surface area (Å²) in [6.45, 7) is 1.46. The largest absolute Gasteiger partial charge is 0.356 e. The van der Waals surface area contributed by atoms with Gasteiger partial charge < -0.3 is 15.2 Å². The van der Waals surface area contributed by atoms with Crippen LogP contribution in [0.2, 0.25) is 0 Å². The van der Waals surface area contributed by atoms with E-state index >= 15 is 0 Å². The summed E-state index contributed by atoms with van der Waals surface area (Å²) >= 11 is 0. The van der Waals surface area contributed by atoms with Gasteiger partial charge in [0.2, 0.25) is 5.91 Å². The minimum Gasteiger partial charge on any atom is -0.356 e. The van der Waals surface area contributed by atoms with Crippen LogP contribution in [0, 0.1) is 11.8 Å². The first-order valence-corrected chi connectivity index (χ1v) is 9.33. The van der Waals surface area contributed by atoms with E-state index in [1.54, 1.807) is 6.33 Å². The van der Waals surface area contributed by atoms with Crippen LogP contribution in [0.25, 0.3) is 0 Å². The van der Waals surface area contributed by atoms with E-state index in [1.165, 1.54) is 25.7 Å². The summed E-state index contributed by atoms with van der Waals surface area (Å²) < 4.78 is 1.99. The molecule has 2 N–H and O–H groups in total. The van der Waals surface area contributed by atoms with Crippen molar-refractivity contribution in [3.8, 4) is 0 Å². The molecule has 1 unspecified atom stereocenters. The number of imidazole rings is 1. The van der Waals surface area contributed by atoms with E-state index in [-0.39, 0.29) is 17.7 Å². The number of carbonyl (C=O) groups is 2. The Morgan fingerprint density at radius 1 is 1.17 bits per heavy atom. The van der Waals surface area contributed by atoms with Gasteiger partial charge in [0.05, 0.1) is 17.9 Å². The van der Waals surface area contributed by atoms with Crippen molar-refractivity contribution in [1.29, 1.82) is 0 Å². The summed E-state index contributed by atoms with van der Waals surface area (Å²) in [6, 6.07) is 0.305. The number of rotatable bonds is 5. The summed E-state index contributed by atoms with van der Waals surface area (Å²) in [6.07, 6.45) is 10.3. The second-order valence-electron chi connectivity index (χ2n) is 7.57. The maximum Gasteiger partial charge on any atom is 0.271 e. The number of hydrogen-bond donors (Lipinski definition) is 2. The predicted octanol–water partition coefficient (Wildman–Crippen LogP) is 1.64. The lowest BCUT2D eigenvalue weighted by Crippen LogP contribution is -2.37. The molecular weight excluding hydrogens is 304 g/mol. The fourth-order valence-electron chi connectivity index (χ4n) is 3.91. The predicted molar refractivity (Wildman–Crippen MR) is 89.5 cm³/mol. The minimum atomic E-state index is -0.0488. The zero-order valence-corrected chi connectivity index (χ0v) is 14.1. The molecule has 2 heterocycles. The number of fused-ring (bicyclic) bond motifs is 1. The monoisotopic (exact) mass is 330 g/mol. The van der Waals surface area contributed by atoms with Crippen molar-refractivity contribution in [1.82, 2.24) is 20.2 Å². The molecule has 2 saturated carbocycles. The normalized spacial score (nSPS) is 23.8. The summed E-state index contributed by atoms with van der Waals surface area (Å²) in [5, 5.41) is 6.18. The van der Waals surface area contributed by atoms with E-state index in [4.69, 9.17) is 0 Å². The van der Waals surface area contributed by atoms with E-state index in [2.05, 4.69) is 15.6 Å². The molecule has 0 aromatic carbocycles. The van der Waals surface area contributed by atoms with Crippen LogP contribution in [0.15, 0.2) is 6.33 Å². The van der Waals surface area contributed by atoms with Gasteiger partial charge in [-0.3, -0.25) is 9.59 Å². The fourth-order valence-corrected chi connectivity index (χ4v) is 3.91. The third-order valence-electron chi connectivity index (χ3n) is 5.63. The Kier molecular flexibility index (Phi) is 4.29. The number of hydrogen-bond acceptors (Lipinski definition) is 3. The van der Waals surface area contributed by atoms with Gasteiger partial charge in [-0.1, -0.05) is 12.8 Å². The van der Waals surface area contributed by atoms with E-state index in [1.807, 2.05) is 4.57 Å². The molecule has 24 heavy (non-hydrogen) atoms. The van der Waals surface area contributed by atoms with Crippen LogP contribution in [-0.2, 0) is 17.8 Å². The molecule has 2 fully saturated rings. The van der Waals surface area contributed by atoms with Gasteiger partial charge in [-0.25, -0.2) is 4.98 Å². The first-order chi connectivity index (χ1) is 11.7. The zero-order chi connectivity index (χ0) is 16.5. The van der Waals surface area contributed by atoms with Gasteiger partial charge in [-0.05, 0) is 44.4 Å². The lowest BCUT2D eigenvalue weighted by atomic mass is 9.96. The van der Waals surface area contributed by atoms with E-state index in [0.29, 0.717) is 24.2 Å². The molecule has 1 aromatic rings. The first-order valence-electron chi connectivity index (χ1n) is 9.33. The average Bonchev–Trinajstić information content (AvgIpc) is 3.09. The van der Waals surface area contributed by atoms with Crippen LogP contribution in [0.3, 0.4) is 0 Å². The van der Waals surface area contributed by atoms with Gasteiger partial charge in [0, 0.05) is 19.1 Å². The van der Waals surface area contributed by atoms with Crippen LogP contribution in [0.1, 0.15) is 61.1 Å². The van der Waals surface area contributed by atoms with Crippen LogP contribution < -0.4 is 10.6 Å². The number of nitrogens with one attached hydrogen (secondary N) is 2. The van der Waals surface area contributed by atoms with Crippen molar-refractivity contribution < 1.29 is 9.59 Å². The van der Waals surface area contributed by atoms with Crippen LogP contribution in [0.5, 0.6) is 0 Å². The highest BCUT2D eigenvalue weighted by Crippen LogP contribution is 2.28. The third-order valence-corrected chi connectivity index (χ3v) is 5.63. The molecule has 0 saturated heterocycles. The van der Waals surface area contributed by atoms with Crippen molar-refractivity contribution in [3.63, 3.8) is 0 Å². The van der Waals surface area contributed by atoms with Gasteiger partial charge in [-0.2, -0.15) is 0 Å². The number of carbonyl (C=O) groups excluding carboxylic acids is 2. The molecule has 6 heteroatoms. The summed E-state index contributed by atoms with van der Waals surface area (Å²) in [5.41, 5.74) is 1.54. The third kappa shape index (κ3) is 3.32. The molecule has 0 spiro atoms. The molecule has 0 bridgehead atoms. The van der Waals surface area contributed by atoms with E-state index < -0.39 is 0 Å². The molecule has 1 atom stereocenters. The smallest absolute Gasteiger partial charge is 0.271 e. The maximum absolute atomic E-state index is 12.5. The lowest BCUT2D eigenvalue weighted by molar-refractivity contribution is -0.126. The second kappa shape index (κ2) is 6.57. The Hall–Kier alpha value is -1.85. The molecule has 3 aliphatic rings. The summed E-state index contributed by atoms with van der Waals surface area (Å²) in [7, 11) is 0. The molecule has 130 valence electrons. The first kappa shape index (κ1) is 15.7. The van der Waals surface area contributed by atoms with Gasteiger partial charge >= 0.3 is 0 Å². The Balaban J connectivity index is 1.37. The van der Waals surface area contributed by atoms with Crippen molar-refractivity contribution in [2.45, 2.75) is 64.0 Å². The quantitative estimate of drug-likeness (QED) is 0.862. The molecule has 0 radical (unpaired) electrons. The molecule has 6 nitrogen and oxygen atoms in total. The summed E-state index contributed by atoms with van der Waals surface area (Å²) in [5.74, 6) is 0.800. The number of aromatic nitrogens is 2. The molecule has 1 aromatic heterocycles. The highest BCUT2D eigenvalue weighted by Gasteiger charge is 2.30. The molecule has 1 aliphatic heterocycles. The molecular formula is C18H26N4O2. The van der Waals surface area contributed by atoms with Crippen LogP contribution in [-0.4, -0.2) is 34.0 Å². The van der Waals surface area contributed by atoms with Crippen molar-refractivity contribution >= 4 is 11.8 Å². The molecule has 2 aliphatic carbocycles. The lowest BCUT2D eigenvalue weighted by Gasteiger charge is -2.24. The fraction of sp³-hybridized carbons (Fsp3) is 0.722. The average molecular weight is 330 g/mol. The van der Waals surface area contributed by atoms with Crippen LogP contribution in [0.4, 0.5) is 0 Å². The second-order valence-corrected chi connectivity index (χ2v) is 7.57.